The topological polar surface area (TPSA) is 6.48 Å². The molecule has 0 N–H and O–H groups in total. The van der Waals surface area contributed by atoms with Gasteiger partial charge in [-0.15, -0.1) is 24.8 Å². The van der Waals surface area contributed by atoms with E-state index in [0.717, 1.165) is 50.7 Å². The molecule has 1 aliphatic heterocycles. The van der Waals surface area contributed by atoms with Crippen LogP contribution in [0.2, 0.25) is 5.02 Å². The van der Waals surface area contributed by atoms with Gasteiger partial charge in [0, 0.05) is 44.3 Å². The summed E-state index contributed by atoms with van der Waals surface area (Å²) in [5.74, 6) is -0.166. The minimum atomic E-state index is -0.166. The molecular weight excluding hydrogens is 382 g/mol. The second kappa shape index (κ2) is 11.0. The van der Waals surface area contributed by atoms with Crippen LogP contribution in [-0.2, 0) is 13.0 Å². The molecule has 1 heterocycles. The van der Waals surface area contributed by atoms with Crippen LogP contribution in [0, 0.1) is 5.82 Å². The maximum Gasteiger partial charge on any atom is 0.123 e. The highest BCUT2D eigenvalue weighted by Gasteiger charge is 2.16. The predicted octanol–water partition coefficient (Wildman–Crippen LogP) is 4.68. The molecule has 0 bridgehead atoms. The predicted molar refractivity (Wildman–Crippen MR) is 108 cm³/mol. The molecule has 138 valence electrons. The standard InChI is InChI=1S/C19H22ClFN2.2ClH/c20-18-5-1-16(2-6-18)9-10-22-11-13-23(14-12-22)15-17-3-7-19(21)8-4-17;;/h1-8H,9-15H2;2*1H. The lowest BCUT2D eigenvalue weighted by molar-refractivity contribution is 0.128. The van der Waals surface area contributed by atoms with Crippen LogP contribution in [0.4, 0.5) is 4.39 Å². The molecule has 0 unspecified atom stereocenters. The molecule has 2 aromatic rings. The van der Waals surface area contributed by atoms with Gasteiger partial charge < -0.3 is 4.90 Å². The molecule has 0 aromatic heterocycles. The van der Waals surface area contributed by atoms with Crippen LogP contribution in [0.5, 0.6) is 0 Å². The first-order valence-electron chi connectivity index (χ1n) is 8.13. The van der Waals surface area contributed by atoms with Crippen molar-refractivity contribution in [2.24, 2.45) is 0 Å². The van der Waals surface area contributed by atoms with Crippen molar-refractivity contribution in [3.63, 3.8) is 0 Å². The Morgan fingerprint density at radius 2 is 1.28 bits per heavy atom. The zero-order valence-electron chi connectivity index (χ0n) is 14.0. The Labute approximate surface area is 166 Å². The highest BCUT2D eigenvalue weighted by Crippen LogP contribution is 2.12. The van der Waals surface area contributed by atoms with E-state index < -0.39 is 0 Å². The Hall–Kier alpha value is -0.840. The van der Waals surface area contributed by atoms with Gasteiger partial charge >= 0.3 is 0 Å². The van der Waals surface area contributed by atoms with Crippen molar-refractivity contribution in [3.05, 3.63) is 70.5 Å². The van der Waals surface area contributed by atoms with Gasteiger partial charge in [0.1, 0.15) is 5.82 Å². The molecule has 0 saturated carbocycles. The van der Waals surface area contributed by atoms with E-state index in [-0.39, 0.29) is 30.6 Å². The molecule has 3 rings (SSSR count). The molecule has 0 spiro atoms. The van der Waals surface area contributed by atoms with Gasteiger partial charge in [-0.05, 0) is 41.8 Å². The van der Waals surface area contributed by atoms with E-state index in [1.807, 2.05) is 24.3 Å². The maximum atomic E-state index is 12.9. The van der Waals surface area contributed by atoms with E-state index in [4.69, 9.17) is 11.6 Å². The highest BCUT2D eigenvalue weighted by atomic mass is 35.5. The second-order valence-electron chi connectivity index (χ2n) is 6.12. The zero-order valence-corrected chi connectivity index (χ0v) is 16.4. The van der Waals surface area contributed by atoms with Gasteiger partial charge in [0.2, 0.25) is 0 Å². The fourth-order valence-electron chi connectivity index (χ4n) is 2.96. The Kier molecular flexibility index (Phi) is 9.77. The normalized spacial score (nSPS) is 15.3. The first-order valence-corrected chi connectivity index (χ1v) is 8.50. The average molecular weight is 406 g/mol. The molecule has 0 amide bonds. The van der Waals surface area contributed by atoms with Gasteiger partial charge in [-0.1, -0.05) is 35.9 Å². The minimum absolute atomic E-state index is 0. The minimum Gasteiger partial charge on any atom is -0.300 e. The van der Waals surface area contributed by atoms with Crippen molar-refractivity contribution in [2.75, 3.05) is 32.7 Å². The second-order valence-corrected chi connectivity index (χ2v) is 6.56. The molecule has 0 radical (unpaired) electrons. The van der Waals surface area contributed by atoms with Crippen LogP contribution in [0.15, 0.2) is 48.5 Å². The monoisotopic (exact) mass is 404 g/mol. The maximum absolute atomic E-state index is 12.9. The number of nitrogens with zero attached hydrogens (tertiary/aromatic N) is 2. The summed E-state index contributed by atoms with van der Waals surface area (Å²) >= 11 is 5.91. The fourth-order valence-corrected chi connectivity index (χ4v) is 3.08. The summed E-state index contributed by atoms with van der Waals surface area (Å²) in [6.45, 7) is 6.32. The molecule has 6 heteroatoms. The molecule has 0 atom stereocenters. The largest absolute Gasteiger partial charge is 0.300 e. The molecule has 2 nitrogen and oxygen atoms in total. The summed E-state index contributed by atoms with van der Waals surface area (Å²) in [7, 11) is 0. The van der Waals surface area contributed by atoms with Gasteiger partial charge in [-0.3, -0.25) is 4.90 Å². The fraction of sp³-hybridized carbons (Fsp3) is 0.368. The van der Waals surface area contributed by atoms with E-state index >= 15 is 0 Å². The Morgan fingerprint density at radius 1 is 0.760 bits per heavy atom. The van der Waals surface area contributed by atoms with Gasteiger partial charge in [-0.25, -0.2) is 4.39 Å². The summed E-state index contributed by atoms with van der Waals surface area (Å²) in [5, 5.41) is 0.795. The third-order valence-corrected chi connectivity index (χ3v) is 4.67. The van der Waals surface area contributed by atoms with Crippen molar-refractivity contribution >= 4 is 36.4 Å². The molecule has 0 aliphatic carbocycles. The number of halogens is 4. The summed E-state index contributed by atoms with van der Waals surface area (Å²) in [6.07, 6.45) is 1.06. The number of benzene rings is 2. The summed E-state index contributed by atoms with van der Waals surface area (Å²) in [4.78, 5) is 4.95. The van der Waals surface area contributed by atoms with Crippen molar-refractivity contribution in [1.29, 1.82) is 0 Å². The quantitative estimate of drug-likeness (QED) is 0.712. The van der Waals surface area contributed by atoms with E-state index in [1.165, 1.54) is 23.3 Å². The van der Waals surface area contributed by atoms with Crippen molar-refractivity contribution < 1.29 is 4.39 Å². The lowest BCUT2D eigenvalue weighted by Gasteiger charge is -2.34. The molecule has 2 aromatic carbocycles. The van der Waals surface area contributed by atoms with Gasteiger partial charge in [0.25, 0.3) is 0 Å². The average Bonchev–Trinajstić information content (AvgIpc) is 2.58. The van der Waals surface area contributed by atoms with Gasteiger partial charge in [0.05, 0.1) is 0 Å². The Balaban J connectivity index is 0.00000156. The number of hydrogen-bond donors (Lipinski definition) is 0. The van der Waals surface area contributed by atoms with E-state index in [1.54, 1.807) is 0 Å². The Bertz CT molecular complexity index is 612. The van der Waals surface area contributed by atoms with Crippen molar-refractivity contribution in [2.45, 2.75) is 13.0 Å². The van der Waals surface area contributed by atoms with Crippen LogP contribution in [0.1, 0.15) is 11.1 Å². The summed E-state index contributed by atoms with van der Waals surface area (Å²) in [5.41, 5.74) is 2.52. The number of piperazine rings is 1. The first-order chi connectivity index (χ1) is 11.2. The third-order valence-electron chi connectivity index (χ3n) is 4.41. The lowest BCUT2D eigenvalue weighted by atomic mass is 10.1. The summed E-state index contributed by atoms with van der Waals surface area (Å²) in [6, 6.07) is 15.0. The van der Waals surface area contributed by atoms with Crippen LogP contribution in [-0.4, -0.2) is 42.5 Å². The Morgan fingerprint density at radius 3 is 1.88 bits per heavy atom. The van der Waals surface area contributed by atoms with E-state index in [0.29, 0.717) is 0 Å². The third kappa shape index (κ3) is 7.12. The van der Waals surface area contributed by atoms with E-state index in [2.05, 4.69) is 21.9 Å². The molecule has 1 saturated heterocycles. The van der Waals surface area contributed by atoms with E-state index in [9.17, 15) is 4.39 Å². The number of rotatable bonds is 5. The summed E-state index contributed by atoms with van der Waals surface area (Å²) < 4.78 is 12.9. The van der Waals surface area contributed by atoms with Crippen LogP contribution in [0.3, 0.4) is 0 Å². The SMILES string of the molecule is Cl.Cl.Fc1ccc(CN2CCN(CCc3ccc(Cl)cc3)CC2)cc1. The number of hydrogen-bond acceptors (Lipinski definition) is 2. The lowest BCUT2D eigenvalue weighted by Crippen LogP contribution is -2.46. The highest BCUT2D eigenvalue weighted by molar-refractivity contribution is 6.30. The zero-order chi connectivity index (χ0) is 16.1. The molecule has 1 fully saturated rings. The van der Waals surface area contributed by atoms with Crippen LogP contribution < -0.4 is 0 Å². The first kappa shape index (κ1) is 22.2. The van der Waals surface area contributed by atoms with Gasteiger partial charge in [0.15, 0.2) is 0 Å². The molecular formula is C19H24Cl3FN2. The van der Waals surface area contributed by atoms with Gasteiger partial charge in [-0.2, -0.15) is 0 Å². The smallest absolute Gasteiger partial charge is 0.123 e. The molecule has 1 aliphatic rings. The van der Waals surface area contributed by atoms with Crippen molar-refractivity contribution in [1.82, 2.24) is 9.80 Å². The van der Waals surface area contributed by atoms with Crippen LogP contribution in [0.25, 0.3) is 0 Å². The van der Waals surface area contributed by atoms with Crippen molar-refractivity contribution in [3.8, 4) is 0 Å². The van der Waals surface area contributed by atoms with Crippen LogP contribution >= 0.6 is 36.4 Å². The molecule has 25 heavy (non-hydrogen) atoms.